The number of aromatic amines is 1. The van der Waals surface area contributed by atoms with Crippen molar-refractivity contribution in [2.75, 3.05) is 12.3 Å². The molecule has 37 heavy (non-hydrogen) atoms. The van der Waals surface area contributed by atoms with E-state index in [0.717, 1.165) is 28.0 Å². The van der Waals surface area contributed by atoms with Gasteiger partial charge < -0.3 is 10.3 Å². The van der Waals surface area contributed by atoms with E-state index in [1.54, 1.807) is 0 Å². The van der Waals surface area contributed by atoms with Crippen LogP contribution in [0.15, 0.2) is 23.0 Å². The molecular weight excluding hydrogens is 518 g/mol. The zero-order valence-electron chi connectivity index (χ0n) is 19.4. The molecule has 4 heterocycles. The van der Waals surface area contributed by atoms with E-state index in [1.165, 1.54) is 0 Å². The molecule has 1 amide bonds. The van der Waals surface area contributed by atoms with Crippen molar-refractivity contribution in [3.05, 3.63) is 61.5 Å². The summed E-state index contributed by atoms with van der Waals surface area (Å²) in [6.07, 6.45) is 0.945. The number of Topliss-reactive ketones (excluding diaryl/α,β-unsaturated/α-hetero) is 2. The Morgan fingerprint density at radius 2 is 2.03 bits per heavy atom. The number of aryl methyl sites for hydroxylation is 1. The molecule has 3 aliphatic rings. The number of nitrogens with zero attached hydrogens (tertiary/aromatic N) is 2. The molecule has 13 heteroatoms. The maximum absolute atomic E-state index is 12.8. The molecule has 0 bridgehead atoms. The summed E-state index contributed by atoms with van der Waals surface area (Å²) in [5.74, 6) is -2.09. The van der Waals surface area contributed by atoms with E-state index in [-0.39, 0.29) is 36.0 Å². The van der Waals surface area contributed by atoms with Crippen molar-refractivity contribution >= 4 is 54.6 Å². The van der Waals surface area contributed by atoms with Crippen LogP contribution in [0.25, 0.3) is 10.2 Å². The summed E-state index contributed by atoms with van der Waals surface area (Å²) < 4.78 is 23.9. The van der Waals surface area contributed by atoms with Crippen molar-refractivity contribution < 1.29 is 22.8 Å². The second kappa shape index (κ2) is 8.50. The highest BCUT2D eigenvalue weighted by atomic mass is 32.2. The average Bonchev–Trinajstić information content (AvgIpc) is 3.23. The van der Waals surface area contributed by atoms with E-state index in [4.69, 9.17) is 5.41 Å². The van der Waals surface area contributed by atoms with E-state index in [1.807, 2.05) is 23.1 Å². The third-order valence-corrected chi connectivity index (χ3v) is 9.96. The summed E-state index contributed by atoms with van der Waals surface area (Å²) in [6, 6.07) is 5.00. The van der Waals surface area contributed by atoms with Gasteiger partial charge in [-0.1, -0.05) is 18.2 Å². The molecule has 2 aliphatic heterocycles. The van der Waals surface area contributed by atoms with Gasteiger partial charge in [0, 0.05) is 24.5 Å². The lowest BCUT2D eigenvalue weighted by Crippen LogP contribution is -2.62. The summed E-state index contributed by atoms with van der Waals surface area (Å²) in [6.45, 7) is 1.17. The van der Waals surface area contributed by atoms with E-state index in [9.17, 15) is 27.6 Å². The average molecular weight is 540 g/mol. The molecule has 1 fully saturated rings. The van der Waals surface area contributed by atoms with Crippen molar-refractivity contribution in [1.82, 2.24) is 20.2 Å². The Kier molecular flexibility index (Phi) is 5.47. The molecule has 0 spiro atoms. The molecule has 11 nitrogen and oxygen atoms in total. The fraction of sp³-hybridized carbons (Fsp3) is 0.333. The fourth-order valence-corrected chi connectivity index (χ4v) is 8.16. The van der Waals surface area contributed by atoms with Gasteiger partial charge in [0.1, 0.15) is 16.6 Å². The maximum atomic E-state index is 12.8. The normalized spacial score (nSPS) is 20.9. The monoisotopic (exact) mass is 539 g/mol. The van der Waals surface area contributed by atoms with Crippen molar-refractivity contribution in [3.8, 4) is 0 Å². The highest BCUT2D eigenvalue weighted by Crippen LogP contribution is 2.33. The van der Waals surface area contributed by atoms with Crippen LogP contribution in [-0.4, -0.2) is 64.8 Å². The van der Waals surface area contributed by atoms with E-state index < -0.39 is 38.9 Å². The summed E-state index contributed by atoms with van der Waals surface area (Å²) in [4.78, 5) is 58.5. The number of fused-ring (bicyclic) bond motifs is 4. The van der Waals surface area contributed by atoms with Crippen molar-refractivity contribution in [2.24, 2.45) is 0 Å². The Labute approximate surface area is 214 Å². The first-order valence-corrected chi connectivity index (χ1v) is 14.3. The summed E-state index contributed by atoms with van der Waals surface area (Å²) >= 11 is 1.13. The zero-order chi connectivity index (χ0) is 26.1. The van der Waals surface area contributed by atoms with Crippen molar-refractivity contribution in [1.29, 1.82) is 5.41 Å². The number of nitrogens with one attached hydrogen (secondary N) is 3. The minimum atomic E-state index is -3.20. The second-order valence-electron chi connectivity index (χ2n) is 9.46. The van der Waals surface area contributed by atoms with E-state index >= 15 is 0 Å². The summed E-state index contributed by atoms with van der Waals surface area (Å²) in [5.41, 5.74) is 2.95. The van der Waals surface area contributed by atoms with Gasteiger partial charge in [-0.2, -0.15) is 0 Å². The van der Waals surface area contributed by atoms with Crippen LogP contribution in [-0.2, 0) is 51.1 Å². The van der Waals surface area contributed by atoms with Crippen molar-refractivity contribution in [3.63, 3.8) is 0 Å². The molecule has 0 radical (unpaired) electrons. The molecular formula is C24H21N5O6S2. The van der Waals surface area contributed by atoms with Gasteiger partial charge in [0.15, 0.2) is 9.84 Å². The Bertz CT molecular complexity index is 1700. The van der Waals surface area contributed by atoms with Gasteiger partial charge in [0.2, 0.25) is 17.4 Å². The molecule has 1 aromatic carbocycles. The summed E-state index contributed by atoms with van der Waals surface area (Å²) in [5, 5.41) is 10.9. The number of amides is 1. The van der Waals surface area contributed by atoms with Gasteiger partial charge in [-0.25, -0.2) is 13.4 Å². The minimum absolute atomic E-state index is 0.0103. The van der Waals surface area contributed by atoms with E-state index in [0.29, 0.717) is 40.2 Å². The fourth-order valence-electron chi connectivity index (χ4n) is 5.14. The first-order chi connectivity index (χ1) is 17.6. The Morgan fingerprint density at radius 3 is 2.81 bits per heavy atom. The molecule has 3 N–H and O–H groups in total. The van der Waals surface area contributed by atoms with Gasteiger partial charge in [-0.15, -0.1) is 11.3 Å². The molecule has 1 saturated carbocycles. The number of thiophene rings is 1. The lowest BCUT2D eigenvalue weighted by atomic mass is 9.83. The Balaban J connectivity index is 1.18. The van der Waals surface area contributed by atoms with Gasteiger partial charge >= 0.3 is 0 Å². The lowest BCUT2D eigenvalue weighted by Gasteiger charge is -2.38. The number of sulfone groups is 1. The number of carbonyl (C=O) groups is 3. The third-order valence-electron chi connectivity index (χ3n) is 7.09. The smallest absolute Gasteiger partial charge is 0.287 e. The number of aromatic nitrogens is 2. The molecule has 190 valence electrons. The number of benzene rings is 1. The van der Waals surface area contributed by atoms with E-state index in [2.05, 4.69) is 15.3 Å². The van der Waals surface area contributed by atoms with Crippen molar-refractivity contribution in [2.45, 2.75) is 37.7 Å². The molecule has 6 rings (SSSR count). The van der Waals surface area contributed by atoms with Crippen LogP contribution in [0.1, 0.15) is 37.7 Å². The van der Waals surface area contributed by atoms with Crippen LogP contribution in [0.5, 0.6) is 0 Å². The molecule has 2 aromatic heterocycles. The molecule has 1 aliphatic carbocycles. The Hall–Kier alpha value is -3.55. The predicted molar refractivity (Wildman–Crippen MR) is 135 cm³/mol. The number of H-pyrrole nitrogens is 1. The molecule has 3 aromatic rings. The third kappa shape index (κ3) is 4.03. The highest BCUT2D eigenvalue weighted by Gasteiger charge is 2.48. The van der Waals surface area contributed by atoms with Gasteiger partial charge in [-0.3, -0.25) is 29.5 Å². The number of ketones is 2. The zero-order valence-corrected chi connectivity index (χ0v) is 21.1. The first-order valence-electron chi connectivity index (χ1n) is 11.7. The van der Waals surface area contributed by atoms with Crippen LogP contribution in [0.4, 0.5) is 0 Å². The highest BCUT2D eigenvalue weighted by molar-refractivity contribution is 7.90. The minimum Gasteiger partial charge on any atom is -0.345 e. The van der Waals surface area contributed by atoms with Crippen LogP contribution in [0.3, 0.4) is 0 Å². The number of rotatable bonds is 4. The number of hydrogen-bond donors (Lipinski definition) is 3. The predicted octanol–water partition coefficient (Wildman–Crippen LogP) is 0.284. The maximum Gasteiger partial charge on any atom is 0.287 e. The number of carbonyl (C=O) groups excluding carboxylic acids is 3. The van der Waals surface area contributed by atoms with Gasteiger partial charge in [-0.05, 0) is 35.1 Å². The number of hydrogen-bond acceptors (Lipinski definition) is 10. The van der Waals surface area contributed by atoms with Crippen LogP contribution in [0.2, 0.25) is 0 Å². The topological polar surface area (TPSA) is 170 Å². The van der Waals surface area contributed by atoms with Crippen LogP contribution in [0, 0.1) is 5.41 Å². The molecule has 1 unspecified atom stereocenters. The molecule has 0 saturated heterocycles. The lowest BCUT2D eigenvalue weighted by molar-refractivity contribution is -0.139. The van der Waals surface area contributed by atoms with Gasteiger partial charge in [0.25, 0.3) is 11.5 Å². The second-order valence-corrected chi connectivity index (χ2v) is 12.7. The quantitative estimate of drug-likeness (QED) is 0.397. The van der Waals surface area contributed by atoms with Crippen LogP contribution >= 0.6 is 11.3 Å². The molecule has 1 atom stereocenters. The van der Waals surface area contributed by atoms with Gasteiger partial charge in [0.05, 0.1) is 16.9 Å². The standard InChI is InChI=1S/C24H21N5O6S2/c25-17-18(20(31)19(17)30)29-5-3-12-2-1-11(7-13(12)9-29)8-26-23(33)21-27-22(32)16-14-4-6-37(34,35)10-15(14)36-24(16)28-21/h1-2,7,18,25H,3-6,8-10H2,(H,26,33)(H,27,28,32). The largest absolute Gasteiger partial charge is 0.345 e. The summed E-state index contributed by atoms with van der Waals surface area (Å²) in [7, 11) is -3.20. The Morgan fingerprint density at radius 1 is 1.22 bits per heavy atom. The SMILES string of the molecule is N=C1C(=O)C(=O)C1N1CCc2ccc(CNC(=O)c3nc4sc5c(c4c(=O)[nH]3)CCS(=O)(=O)C5)cc2C1. The van der Waals surface area contributed by atoms with Crippen LogP contribution < -0.4 is 10.9 Å². The first kappa shape index (κ1) is 23.8.